The summed E-state index contributed by atoms with van der Waals surface area (Å²) in [5.74, 6) is 0.919. The van der Waals surface area contributed by atoms with Crippen LogP contribution in [0, 0.1) is 19.8 Å². The second kappa shape index (κ2) is 7.32. The predicted octanol–water partition coefficient (Wildman–Crippen LogP) is 3.52. The van der Waals surface area contributed by atoms with Gasteiger partial charge in [0.2, 0.25) is 5.91 Å². The van der Waals surface area contributed by atoms with Gasteiger partial charge in [0.1, 0.15) is 5.52 Å². The fourth-order valence-corrected chi connectivity index (χ4v) is 3.64. The van der Waals surface area contributed by atoms with Gasteiger partial charge in [-0.15, -0.1) is 5.10 Å². The van der Waals surface area contributed by atoms with Crippen LogP contribution in [0.3, 0.4) is 0 Å². The van der Waals surface area contributed by atoms with E-state index >= 15 is 0 Å². The van der Waals surface area contributed by atoms with Crippen LogP contribution >= 0.6 is 0 Å². The average molecular weight is 328 g/mol. The molecule has 0 bridgehead atoms. The summed E-state index contributed by atoms with van der Waals surface area (Å²) in [4.78, 5) is 12.1. The highest BCUT2D eigenvalue weighted by Crippen LogP contribution is 2.28. The summed E-state index contributed by atoms with van der Waals surface area (Å²) in [5.41, 5.74) is 4.41. The van der Waals surface area contributed by atoms with Crippen LogP contribution in [-0.2, 0) is 11.3 Å². The van der Waals surface area contributed by atoms with Crippen molar-refractivity contribution < 1.29 is 4.79 Å². The van der Waals surface area contributed by atoms with Gasteiger partial charge in [-0.25, -0.2) is 4.68 Å². The molecule has 0 unspecified atom stereocenters. The number of nitrogens with zero attached hydrogens (tertiary/aromatic N) is 3. The van der Waals surface area contributed by atoms with E-state index < -0.39 is 0 Å². The summed E-state index contributed by atoms with van der Waals surface area (Å²) >= 11 is 0. The third-order valence-corrected chi connectivity index (χ3v) is 5.24. The number of rotatable bonds is 6. The highest BCUT2D eigenvalue weighted by atomic mass is 16.1. The third kappa shape index (κ3) is 3.94. The maximum atomic E-state index is 12.1. The lowest BCUT2D eigenvalue weighted by molar-refractivity contribution is -0.122. The average Bonchev–Trinajstić information content (AvgIpc) is 3.17. The van der Waals surface area contributed by atoms with E-state index in [0.29, 0.717) is 13.0 Å². The molecule has 0 spiro atoms. The SMILES string of the molecule is Cc1cc2nnn(C[C@@H](C)NC(=O)CCC3CCCC3)c2cc1C. The first-order valence-electron chi connectivity index (χ1n) is 9.12. The Morgan fingerprint density at radius 1 is 1.29 bits per heavy atom. The first-order valence-corrected chi connectivity index (χ1v) is 9.12. The molecular weight excluding hydrogens is 300 g/mol. The Morgan fingerprint density at radius 2 is 2.00 bits per heavy atom. The number of hydrogen-bond donors (Lipinski definition) is 1. The number of hydrogen-bond acceptors (Lipinski definition) is 3. The van der Waals surface area contributed by atoms with Gasteiger partial charge in [0.05, 0.1) is 12.1 Å². The molecule has 1 heterocycles. The lowest BCUT2D eigenvalue weighted by Crippen LogP contribution is -2.36. The number of aryl methyl sites for hydroxylation is 2. The van der Waals surface area contributed by atoms with Crippen molar-refractivity contribution >= 4 is 16.9 Å². The Kier molecular flexibility index (Phi) is 5.17. The van der Waals surface area contributed by atoms with Crippen molar-refractivity contribution in [3.63, 3.8) is 0 Å². The summed E-state index contributed by atoms with van der Waals surface area (Å²) in [5, 5.41) is 11.6. The first kappa shape index (κ1) is 16.9. The van der Waals surface area contributed by atoms with Crippen molar-refractivity contribution in [1.82, 2.24) is 20.3 Å². The van der Waals surface area contributed by atoms with Gasteiger partial charge in [0, 0.05) is 12.5 Å². The number of nitrogens with one attached hydrogen (secondary N) is 1. The molecule has 0 radical (unpaired) electrons. The minimum absolute atomic E-state index is 0.0487. The van der Waals surface area contributed by atoms with Crippen LogP contribution in [0.4, 0.5) is 0 Å². The van der Waals surface area contributed by atoms with Crippen molar-refractivity contribution in [2.24, 2.45) is 5.92 Å². The fourth-order valence-electron chi connectivity index (χ4n) is 3.64. The number of amides is 1. The van der Waals surface area contributed by atoms with E-state index in [1.165, 1.54) is 36.8 Å². The van der Waals surface area contributed by atoms with Crippen LogP contribution in [0.1, 0.15) is 56.6 Å². The zero-order chi connectivity index (χ0) is 17.1. The summed E-state index contributed by atoms with van der Waals surface area (Å²) in [7, 11) is 0. The van der Waals surface area contributed by atoms with Gasteiger partial charge in [-0.1, -0.05) is 30.9 Å². The van der Waals surface area contributed by atoms with E-state index in [1.807, 2.05) is 11.6 Å². The van der Waals surface area contributed by atoms with Crippen LogP contribution in [0.5, 0.6) is 0 Å². The van der Waals surface area contributed by atoms with Crippen molar-refractivity contribution in [1.29, 1.82) is 0 Å². The Hall–Kier alpha value is -1.91. The highest BCUT2D eigenvalue weighted by Gasteiger charge is 2.17. The van der Waals surface area contributed by atoms with Gasteiger partial charge in [0.15, 0.2) is 0 Å². The Balaban J connectivity index is 1.55. The van der Waals surface area contributed by atoms with Crippen molar-refractivity contribution in [3.05, 3.63) is 23.3 Å². The topological polar surface area (TPSA) is 59.8 Å². The molecule has 1 aliphatic carbocycles. The molecule has 1 fully saturated rings. The molecule has 5 heteroatoms. The van der Waals surface area contributed by atoms with E-state index in [-0.39, 0.29) is 11.9 Å². The van der Waals surface area contributed by atoms with E-state index in [2.05, 4.69) is 41.6 Å². The molecule has 0 aliphatic heterocycles. The zero-order valence-corrected chi connectivity index (χ0v) is 15.0. The normalized spacial score (nSPS) is 16.6. The number of fused-ring (bicyclic) bond motifs is 1. The van der Waals surface area contributed by atoms with E-state index in [4.69, 9.17) is 0 Å². The number of carbonyl (C=O) groups is 1. The second-order valence-corrected chi connectivity index (χ2v) is 7.35. The molecule has 1 N–H and O–H groups in total. The van der Waals surface area contributed by atoms with Crippen molar-refractivity contribution in [2.45, 2.75) is 71.9 Å². The van der Waals surface area contributed by atoms with Crippen LogP contribution < -0.4 is 5.32 Å². The van der Waals surface area contributed by atoms with Gasteiger partial charge in [0.25, 0.3) is 0 Å². The van der Waals surface area contributed by atoms with Gasteiger partial charge in [-0.05, 0) is 56.4 Å². The standard InChI is InChI=1S/C19H28N4O/c1-13-10-17-18(11-14(13)2)23(22-21-17)12-15(3)20-19(24)9-8-16-6-4-5-7-16/h10-11,15-16H,4-9,12H2,1-3H3,(H,20,24)/t15-/m1/s1. The van der Waals surface area contributed by atoms with Crippen molar-refractivity contribution in [2.75, 3.05) is 0 Å². The molecule has 1 saturated carbocycles. The Morgan fingerprint density at radius 3 is 2.75 bits per heavy atom. The summed E-state index contributed by atoms with van der Waals surface area (Å²) in [6.07, 6.45) is 6.94. The zero-order valence-electron chi connectivity index (χ0n) is 15.0. The molecule has 5 nitrogen and oxygen atoms in total. The number of benzene rings is 1. The lowest BCUT2D eigenvalue weighted by Gasteiger charge is -2.15. The van der Waals surface area contributed by atoms with Crippen LogP contribution in [0.2, 0.25) is 0 Å². The van der Waals surface area contributed by atoms with Crippen LogP contribution in [0.25, 0.3) is 11.0 Å². The molecule has 0 saturated heterocycles. The van der Waals surface area contributed by atoms with Gasteiger partial charge in [-0.2, -0.15) is 0 Å². The molecule has 1 aromatic carbocycles. The van der Waals surface area contributed by atoms with Crippen LogP contribution in [0.15, 0.2) is 12.1 Å². The molecule has 1 aliphatic rings. The molecule has 2 aromatic rings. The fraction of sp³-hybridized carbons (Fsp3) is 0.632. The monoisotopic (exact) mass is 328 g/mol. The first-order chi connectivity index (χ1) is 11.5. The van der Waals surface area contributed by atoms with E-state index in [0.717, 1.165) is 23.4 Å². The predicted molar refractivity (Wildman–Crippen MR) is 95.8 cm³/mol. The second-order valence-electron chi connectivity index (χ2n) is 7.35. The summed E-state index contributed by atoms with van der Waals surface area (Å²) in [6.45, 7) is 6.86. The third-order valence-electron chi connectivity index (χ3n) is 5.24. The largest absolute Gasteiger partial charge is 0.352 e. The number of aromatic nitrogens is 3. The number of carbonyl (C=O) groups excluding carboxylic acids is 1. The van der Waals surface area contributed by atoms with Crippen LogP contribution in [-0.4, -0.2) is 26.9 Å². The van der Waals surface area contributed by atoms with Gasteiger partial charge < -0.3 is 5.32 Å². The Bertz CT molecular complexity index is 715. The van der Waals surface area contributed by atoms with Gasteiger partial charge in [-0.3, -0.25) is 4.79 Å². The maximum Gasteiger partial charge on any atom is 0.220 e. The minimum Gasteiger partial charge on any atom is -0.352 e. The molecular formula is C19H28N4O. The lowest BCUT2D eigenvalue weighted by atomic mass is 10.0. The molecule has 24 heavy (non-hydrogen) atoms. The molecule has 1 atom stereocenters. The smallest absolute Gasteiger partial charge is 0.220 e. The summed E-state index contributed by atoms with van der Waals surface area (Å²) < 4.78 is 1.89. The molecule has 1 aromatic heterocycles. The quantitative estimate of drug-likeness (QED) is 0.882. The van der Waals surface area contributed by atoms with E-state index in [1.54, 1.807) is 0 Å². The Labute approximate surface area is 143 Å². The maximum absolute atomic E-state index is 12.1. The van der Waals surface area contributed by atoms with E-state index in [9.17, 15) is 4.79 Å². The van der Waals surface area contributed by atoms with Gasteiger partial charge >= 0.3 is 0 Å². The molecule has 3 rings (SSSR count). The molecule has 1 amide bonds. The highest BCUT2D eigenvalue weighted by molar-refractivity contribution is 5.77. The summed E-state index contributed by atoms with van der Waals surface area (Å²) in [6, 6.07) is 4.24. The van der Waals surface area contributed by atoms with Crippen molar-refractivity contribution in [3.8, 4) is 0 Å². The molecule has 130 valence electrons. The minimum atomic E-state index is 0.0487.